The molecule has 27 heavy (non-hydrogen) atoms. The van der Waals surface area contributed by atoms with Gasteiger partial charge < -0.3 is 10.2 Å². The summed E-state index contributed by atoms with van der Waals surface area (Å²) >= 11 is 0. The lowest BCUT2D eigenvalue weighted by Gasteiger charge is -2.41. The van der Waals surface area contributed by atoms with E-state index in [1.165, 1.54) is 18.4 Å². The van der Waals surface area contributed by atoms with Crippen molar-refractivity contribution in [1.29, 1.82) is 0 Å². The highest BCUT2D eigenvalue weighted by Crippen LogP contribution is 2.25. The number of carbonyl (C=O) groups is 1. The minimum atomic E-state index is 0.209. The number of nitrogens with one attached hydrogen (secondary N) is 1. The van der Waals surface area contributed by atoms with Crippen LogP contribution in [0.4, 0.5) is 0 Å². The van der Waals surface area contributed by atoms with Gasteiger partial charge in [-0.05, 0) is 79.6 Å². The molecule has 2 fully saturated rings. The van der Waals surface area contributed by atoms with Crippen LogP contribution < -0.4 is 5.32 Å². The van der Waals surface area contributed by atoms with E-state index in [4.69, 9.17) is 0 Å². The molecule has 0 aromatic carbocycles. The molecule has 0 aliphatic carbocycles. The molecule has 1 amide bonds. The van der Waals surface area contributed by atoms with E-state index in [9.17, 15) is 4.79 Å². The summed E-state index contributed by atoms with van der Waals surface area (Å²) in [6.45, 7) is 13.9. The van der Waals surface area contributed by atoms with Crippen LogP contribution in [0.2, 0.25) is 0 Å². The fourth-order valence-electron chi connectivity index (χ4n) is 4.37. The summed E-state index contributed by atoms with van der Waals surface area (Å²) in [4.78, 5) is 17.4. The molecule has 1 N–H and O–H groups in total. The second kappa shape index (κ2) is 9.20. The van der Waals surface area contributed by atoms with Crippen LogP contribution in [0.5, 0.6) is 0 Å². The number of amides is 1. The zero-order valence-corrected chi connectivity index (χ0v) is 17.5. The predicted octanol–water partition coefficient (Wildman–Crippen LogP) is 2.67. The van der Waals surface area contributed by atoms with Crippen molar-refractivity contribution in [3.05, 3.63) is 18.0 Å². The molecule has 0 bridgehead atoms. The van der Waals surface area contributed by atoms with Crippen molar-refractivity contribution >= 4 is 5.91 Å². The first kappa shape index (κ1) is 20.3. The maximum Gasteiger partial charge on any atom is 0.223 e. The van der Waals surface area contributed by atoms with Gasteiger partial charge in [0.1, 0.15) is 0 Å². The Kier molecular flexibility index (Phi) is 6.93. The lowest BCUT2D eigenvalue weighted by Crippen LogP contribution is -2.49. The second-order valence-electron chi connectivity index (χ2n) is 8.90. The number of carbonyl (C=O) groups excluding carboxylic acids is 1. The Morgan fingerprint density at radius 2 is 1.78 bits per heavy atom. The molecular formula is C21H37N5O. The minimum Gasteiger partial charge on any atom is -0.354 e. The summed E-state index contributed by atoms with van der Waals surface area (Å²) in [5, 5.41) is 7.53. The van der Waals surface area contributed by atoms with Gasteiger partial charge >= 0.3 is 0 Å². The minimum absolute atomic E-state index is 0.209. The highest BCUT2D eigenvalue weighted by Gasteiger charge is 2.30. The van der Waals surface area contributed by atoms with Crippen molar-refractivity contribution < 1.29 is 4.79 Å². The average Bonchev–Trinajstić information content (AvgIpc) is 3.11. The van der Waals surface area contributed by atoms with Crippen LogP contribution in [0.25, 0.3) is 0 Å². The van der Waals surface area contributed by atoms with Crippen molar-refractivity contribution in [2.24, 2.45) is 5.92 Å². The molecule has 6 heteroatoms. The van der Waals surface area contributed by atoms with E-state index in [0.29, 0.717) is 12.1 Å². The van der Waals surface area contributed by atoms with Crippen LogP contribution >= 0.6 is 0 Å². The number of piperidine rings is 2. The highest BCUT2D eigenvalue weighted by atomic mass is 16.1. The van der Waals surface area contributed by atoms with Gasteiger partial charge in [0, 0.05) is 42.3 Å². The van der Waals surface area contributed by atoms with Crippen LogP contribution in [0.15, 0.2) is 12.4 Å². The molecule has 2 aliphatic rings. The molecule has 3 heterocycles. The monoisotopic (exact) mass is 375 g/mol. The number of hydrogen-bond donors (Lipinski definition) is 1. The molecular weight excluding hydrogens is 338 g/mol. The van der Waals surface area contributed by atoms with E-state index in [1.807, 2.05) is 24.7 Å². The first-order valence-corrected chi connectivity index (χ1v) is 10.7. The Hall–Kier alpha value is -1.40. The van der Waals surface area contributed by atoms with Gasteiger partial charge in [0.25, 0.3) is 0 Å². The number of rotatable bonds is 6. The van der Waals surface area contributed by atoms with Crippen molar-refractivity contribution in [2.75, 3.05) is 26.2 Å². The van der Waals surface area contributed by atoms with Crippen molar-refractivity contribution in [3.63, 3.8) is 0 Å². The van der Waals surface area contributed by atoms with Crippen LogP contribution in [-0.4, -0.2) is 63.8 Å². The largest absolute Gasteiger partial charge is 0.354 e. The van der Waals surface area contributed by atoms with E-state index in [1.54, 1.807) is 0 Å². The van der Waals surface area contributed by atoms with Gasteiger partial charge in [-0.2, -0.15) is 5.10 Å². The summed E-state index contributed by atoms with van der Waals surface area (Å²) in [5.74, 6) is 0.461. The third kappa shape index (κ3) is 5.55. The molecule has 152 valence electrons. The van der Waals surface area contributed by atoms with E-state index >= 15 is 0 Å². The molecule has 3 rings (SSSR count). The van der Waals surface area contributed by atoms with Crippen molar-refractivity contribution in [3.8, 4) is 0 Å². The molecule has 1 aromatic heterocycles. The Balaban J connectivity index is 1.40. The van der Waals surface area contributed by atoms with Crippen LogP contribution in [0, 0.1) is 5.92 Å². The number of aromatic nitrogens is 2. The first-order chi connectivity index (χ1) is 12.9. The molecule has 6 nitrogen and oxygen atoms in total. The number of hydrogen-bond acceptors (Lipinski definition) is 4. The third-order valence-electron chi connectivity index (χ3n) is 6.00. The standard InChI is InChI=1S/C21H37N5O/c1-16(2)23-21(27)19-5-11-25(12-6-19)20-7-9-24(10-8-20)14-18-13-22-26(15-18)17(3)4/h13,15-17,19-20H,5-12,14H2,1-4H3,(H,23,27). The second-order valence-corrected chi connectivity index (χ2v) is 8.90. The topological polar surface area (TPSA) is 53.4 Å². The fourth-order valence-corrected chi connectivity index (χ4v) is 4.37. The maximum atomic E-state index is 12.2. The lowest BCUT2D eigenvalue weighted by atomic mass is 9.92. The van der Waals surface area contributed by atoms with Gasteiger partial charge in [-0.1, -0.05) is 0 Å². The predicted molar refractivity (Wildman–Crippen MR) is 108 cm³/mol. The van der Waals surface area contributed by atoms with Crippen LogP contribution in [0.3, 0.4) is 0 Å². The van der Waals surface area contributed by atoms with Crippen molar-refractivity contribution in [1.82, 2.24) is 24.9 Å². The quantitative estimate of drug-likeness (QED) is 0.831. The summed E-state index contributed by atoms with van der Waals surface area (Å²) in [6.07, 6.45) is 8.69. The fraction of sp³-hybridized carbons (Fsp3) is 0.810. The van der Waals surface area contributed by atoms with Gasteiger partial charge in [0.05, 0.1) is 6.20 Å². The summed E-state index contributed by atoms with van der Waals surface area (Å²) in [5.41, 5.74) is 1.32. The van der Waals surface area contributed by atoms with Gasteiger partial charge in [0.15, 0.2) is 0 Å². The Labute approximate surface area is 164 Å². The maximum absolute atomic E-state index is 12.2. The zero-order chi connectivity index (χ0) is 19.4. The summed E-state index contributed by atoms with van der Waals surface area (Å²) in [7, 11) is 0. The summed E-state index contributed by atoms with van der Waals surface area (Å²) < 4.78 is 2.04. The van der Waals surface area contributed by atoms with Crippen LogP contribution in [-0.2, 0) is 11.3 Å². The summed E-state index contributed by atoms with van der Waals surface area (Å²) in [6, 6.07) is 1.36. The van der Waals surface area contributed by atoms with Gasteiger partial charge in [-0.25, -0.2) is 0 Å². The Morgan fingerprint density at radius 1 is 1.11 bits per heavy atom. The average molecular weight is 376 g/mol. The number of nitrogens with zero attached hydrogens (tertiary/aromatic N) is 4. The molecule has 1 aromatic rings. The van der Waals surface area contributed by atoms with Gasteiger partial charge in [-0.3, -0.25) is 14.4 Å². The molecule has 0 radical (unpaired) electrons. The van der Waals surface area contributed by atoms with E-state index in [0.717, 1.165) is 45.6 Å². The molecule has 0 saturated carbocycles. The van der Waals surface area contributed by atoms with E-state index in [2.05, 4.69) is 40.3 Å². The first-order valence-electron chi connectivity index (χ1n) is 10.7. The molecule has 0 atom stereocenters. The molecule has 0 unspecified atom stereocenters. The highest BCUT2D eigenvalue weighted by molar-refractivity contribution is 5.78. The SMILES string of the molecule is CC(C)NC(=O)C1CCN(C2CCN(Cc3cnn(C(C)C)c3)CC2)CC1. The van der Waals surface area contributed by atoms with Gasteiger partial charge in [0.2, 0.25) is 5.91 Å². The third-order valence-corrected chi connectivity index (χ3v) is 6.00. The normalized spacial score (nSPS) is 21.3. The van der Waals surface area contributed by atoms with E-state index in [-0.39, 0.29) is 17.9 Å². The molecule has 0 spiro atoms. The van der Waals surface area contributed by atoms with Crippen LogP contribution in [0.1, 0.15) is 65.0 Å². The zero-order valence-electron chi connectivity index (χ0n) is 17.5. The Bertz CT molecular complexity index is 595. The number of likely N-dealkylation sites (tertiary alicyclic amines) is 2. The van der Waals surface area contributed by atoms with E-state index < -0.39 is 0 Å². The molecule has 2 saturated heterocycles. The van der Waals surface area contributed by atoms with Gasteiger partial charge in [-0.15, -0.1) is 0 Å². The lowest BCUT2D eigenvalue weighted by molar-refractivity contribution is -0.127. The van der Waals surface area contributed by atoms with Crippen molar-refractivity contribution in [2.45, 2.75) is 78.0 Å². The smallest absolute Gasteiger partial charge is 0.223 e. The Morgan fingerprint density at radius 3 is 2.33 bits per heavy atom. The molecule has 2 aliphatic heterocycles.